The summed E-state index contributed by atoms with van der Waals surface area (Å²) in [7, 11) is 0. The topological polar surface area (TPSA) is 46.2 Å². The summed E-state index contributed by atoms with van der Waals surface area (Å²) in [6, 6.07) is 3.97. The van der Waals surface area contributed by atoms with Crippen molar-refractivity contribution in [1.82, 2.24) is 5.32 Å². The number of aryl methyl sites for hydroxylation is 3. The molecule has 1 heterocycles. The van der Waals surface area contributed by atoms with E-state index in [1.54, 1.807) is 13.8 Å². The van der Waals surface area contributed by atoms with Crippen LogP contribution in [0.2, 0.25) is 0 Å². The van der Waals surface area contributed by atoms with Crippen molar-refractivity contribution in [2.24, 2.45) is 0 Å². The third kappa shape index (κ3) is 2.40. The van der Waals surface area contributed by atoms with Crippen LogP contribution in [-0.2, 0) is 9.59 Å². The maximum Gasteiger partial charge on any atom is 0.237 e. The van der Waals surface area contributed by atoms with Gasteiger partial charge in [0.25, 0.3) is 0 Å². The SMILES string of the molecule is CC#CC1(C#CC)NC(=O)C(c2c(C)cc(C)cc2C)C1=O. The van der Waals surface area contributed by atoms with Gasteiger partial charge < -0.3 is 5.32 Å². The average Bonchev–Trinajstić information content (AvgIpc) is 2.63. The normalized spacial score (nSPS) is 18.9. The molecule has 1 saturated heterocycles. The molecule has 2 rings (SSSR count). The monoisotopic (exact) mass is 293 g/mol. The predicted molar refractivity (Wildman–Crippen MR) is 86.2 cm³/mol. The van der Waals surface area contributed by atoms with Gasteiger partial charge in [-0.3, -0.25) is 9.59 Å². The van der Waals surface area contributed by atoms with Crippen LogP contribution in [0.5, 0.6) is 0 Å². The second-order valence-electron chi connectivity index (χ2n) is 5.60. The van der Waals surface area contributed by atoms with Crippen LogP contribution in [0.4, 0.5) is 0 Å². The van der Waals surface area contributed by atoms with Gasteiger partial charge in [-0.2, -0.15) is 0 Å². The van der Waals surface area contributed by atoms with Gasteiger partial charge in [0, 0.05) is 0 Å². The molecule has 1 aromatic carbocycles. The Morgan fingerprint density at radius 3 is 1.95 bits per heavy atom. The van der Waals surface area contributed by atoms with E-state index in [-0.39, 0.29) is 11.7 Å². The van der Waals surface area contributed by atoms with Crippen molar-refractivity contribution in [1.29, 1.82) is 0 Å². The van der Waals surface area contributed by atoms with E-state index in [4.69, 9.17) is 0 Å². The average molecular weight is 293 g/mol. The first-order valence-electron chi connectivity index (χ1n) is 7.18. The molecule has 0 aromatic heterocycles. The molecule has 0 spiro atoms. The fraction of sp³-hybridized carbons (Fsp3) is 0.368. The molecule has 3 heteroatoms. The standard InChI is InChI=1S/C19H19NO2/c1-6-8-19(9-7-2)17(21)16(18(22)20-19)15-13(4)10-12(3)11-14(15)5/h10-11,16H,1-5H3,(H,20,22). The molecule has 112 valence electrons. The number of ketones is 1. The summed E-state index contributed by atoms with van der Waals surface area (Å²) in [5.41, 5.74) is 2.38. The highest BCUT2D eigenvalue weighted by atomic mass is 16.2. The van der Waals surface area contributed by atoms with E-state index in [0.29, 0.717) is 0 Å². The van der Waals surface area contributed by atoms with Crippen LogP contribution in [0.1, 0.15) is 42.0 Å². The molecule has 1 N–H and O–H groups in total. The summed E-state index contributed by atoms with van der Waals surface area (Å²) >= 11 is 0. The molecule has 1 amide bonds. The van der Waals surface area contributed by atoms with Crippen molar-refractivity contribution in [2.75, 3.05) is 0 Å². The Kier molecular flexibility index (Phi) is 4.11. The molecule has 22 heavy (non-hydrogen) atoms. The third-order valence-corrected chi connectivity index (χ3v) is 3.86. The van der Waals surface area contributed by atoms with Crippen LogP contribution in [0.15, 0.2) is 12.1 Å². The van der Waals surface area contributed by atoms with Crippen molar-refractivity contribution in [3.8, 4) is 23.7 Å². The van der Waals surface area contributed by atoms with E-state index in [2.05, 4.69) is 29.0 Å². The van der Waals surface area contributed by atoms with Crippen LogP contribution in [0.3, 0.4) is 0 Å². The molecule has 1 aromatic rings. The summed E-state index contributed by atoms with van der Waals surface area (Å²) in [5.74, 6) is 9.53. The molecule has 1 atom stereocenters. The number of hydrogen-bond donors (Lipinski definition) is 1. The number of amides is 1. The highest BCUT2D eigenvalue weighted by Crippen LogP contribution is 2.33. The zero-order chi connectivity index (χ0) is 16.5. The predicted octanol–water partition coefficient (Wildman–Crippen LogP) is 2.18. The summed E-state index contributed by atoms with van der Waals surface area (Å²) in [6.07, 6.45) is 0. The lowest BCUT2D eigenvalue weighted by Gasteiger charge is -2.16. The Labute approximate surface area is 131 Å². The lowest BCUT2D eigenvalue weighted by molar-refractivity contribution is -0.124. The van der Waals surface area contributed by atoms with Gasteiger partial charge in [-0.25, -0.2) is 0 Å². The molecule has 1 fully saturated rings. The van der Waals surface area contributed by atoms with Crippen LogP contribution < -0.4 is 5.32 Å². The Bertz CT molecular complexity index is 738. The zero-order valence-corrected chi connectivity index (χ0v) is 13.5. The second-order valence-corrected chi connectivity index (χ2v) is 5.60. The fourth-order valence-corrected chi connectivity index (χ4v) is 3.15. The minimum Gasteiger partial charge on any atom is -0.323 e. The largest absolute Gasteiger partial charge is 0.323 e. The number of nitrogens with one attached hydrogen (secondary N) is 1. The van der Waals surface area contributed by atoms with Crippen molar-refractivity contribution < 1.29 is 9.59 Å². The lowest BCUT2D eigenvalue weighted by atomic mass is 9.83. The summed E-state index contributed by atoms with van der Waals surface area (Å²) < 4.78 is 0. The number of carbonyl (C=O) groups excluding carboxylic acids is 2. The maximum absolute atomic E-state index is 12.9. The molecule has 0 bridgehead atoms. The Hall–Kier alpha value is -2.52. The van der Waals surface area contributed by atoms with Crippen molar-refractivity contribution >= 4 is 11.7 Å². The maximum atomic E-state index is 12.9. The first kappa shape index (κ1) is 15.9. The van der Waals surface area contributed by atoms with Crippen LogP contribution >= 0.6 is 0 Å². The van der Waals surface area contributed by atoms with E-state index in [9.17, 15) is 9.59 Å². The number of rotatable bonds is 1. The summed E-state index contributed by atoms with van der Waals surface area (Å²) in [4.78, 5) is 25.4. The molecule has 0 radical (unpaired) electrons. The molecule has 1 aliphatic heterocycles. The molecule has 1 aliphatic rings. The number of benzene rings is 1. The third-order valence-electron chi connectivity index (χ3n) is 3.86. The van der Waals surface area contributed by atoms with E-state index in [0.717, 1.165) is 22.3 Å². The van der Waals surface area contributed by atoms with Gasteiger partial charge in [-0.1, -0.05) is 29.5 Å². The molecular weight excluding hydrogens is 274 g/mol. The minimum absolute atomic E-state index is 0.281. The van der Waals surface area contributed by atoms with E-state index >= 15 is 0 Å². The number of Topliss-reactive ketones (excluding diaryl/α,β-unsaturated/α-hetero) is 1. The molecule has 0 aliphatic carbocycles. The Morgan fingerprint density at radius 2 is 1.50 bits per heavy atom. The first-order chi connectivity index (χ1) is 10.4. The highest BCUT2D eigenvalue weighted by Gasteiger charge is 2.52. The van der Waals surface area contributed by atoms with E-state index < -0.39 is 11.5 Å². The van der Waals surface area contributed by atoms with Gasteiger partial charge in [0.05, 0.1) is 0 Å². The van der Waals surface area contributed by atoms with Crippen molar-refractivity contribution in [3.05, 3.63) is 34.4 Å². The fourth-order valence-electron chi connectivity index (χ4n) is 3.15. The first-order valence-corrected chi connectivity index (χ1v) is 7.18. The van der Waals surface area contributed by atoms with Gasteiger partial charge in [-0.15, -0.1) is 11.8 Å². The van der Waals surface area contributed by atoms with Gasteiger partial charge in [0.2, 0.25) is 11.4 Å². The van der Waals surface area contributed by atoms with Crippen molar-refractivity contribution in [3.63, 3.8) is 0 Å². The highest BCUT2D eigenvalue weighted by molar-refractivity contribution is 6.20. The van der Waals surface area contributed by atoms with Crippen LogP contribution in [0, 0.1) is 44.5 Å². The van der Waals surface area contributed by atoms with E-state index in [1.165, 1.54) is 0 Å². The van der Waals surface area contributed by atoms with Gasteiger partial charge in [-0.05, 0) is 51.3 Å². The van der Waals surface area contributed by atoms with Crippen LogP contribution in [-0.4, -0.2) is 17.2 Å². The number of carbonyl (C=O) groups is 2. The quantitative estimate of drug-likeness (QED) is 0.637. The smallest absolute Gasteiger partial charge is 0.237 e. The zero-order valence-electron chi connectivity index (χ0n) is 13.5. The van der Waals surface area contributed by atoms with Crippen molar-refractivity contribution in [2.45, 2.75) is 46.1 Å². The summed E-state index contributed by atoms with van der Waals surface area (Å²) in [5, 5.41) is 2.70. The van der Waals surface area contributed by atoms with Gasteiger partial charge in [0.15, 0.2) is 5.78 Å². The number of hydrogen-bond acceptors (Lipinski definition) is 2. The summed E-state index contributed by atoms with van der Waals surface area (Å²) in [6.45, 7) is 9.11. The molecule has 1 unspecified atom stereocenters. The Morgan fingerprint density at radius 1 is 1.00 bits per heavy atom. The Balaban J connectivity index is 2.63. The van der Waals surface area contributed by atoms with Gasteiger partial charge >= 0.3 is 0 Å². The van der Waals surface area contributed by atoms with Crippen LogP contribution in [0.25, 0.3) is 0 Å². The second kappa shape index (κ2) is 5.70. The molecule has 0 saturated carbocycles. The lowest BCUT2D eigenvalue weighted by Crippen LogP contribution is -2.43. The van der Waals surface area contributed by atoms with Gasteiger partial charge in [0.1, 0.15) is 5.92 Å². The molecule has 3 nitrogen and oxygen atoms in total. The van der Waals surface area contributed by atoms with E-state index in [1.807, 2.05) is 32.9 Å². The molecular formula is C19H19NO2. The minimum atomic E-state index is -1.38.